The molecule has 164 valence electrons. The Labute approximate surface area is 191 Å². The van der Waals surface area contributed by atoms with Gasteiger partial charge in [0.2, 0.25) is 0 Å². The van der Waals surface area contributed by atoms with Crippen LogP contribution in [0.25, 0.3) is 0 Å². The largest absolute Gasteiger partial charge is 0.497 e. The molecule has 2 heterocycles. The van der Waals surface area contributed by atoms with Gasteiger partial charge in [-0.05, 0) is 31.4 Å². The molecule has 8 heteroatoms. The molecule has 7 nitrogen and oxygen atoms in total. The van der Waals surface area contributed by atoms with E-state index in [-0.39, 0.29) is 24.0 Å². The zero-order valence-corrected chi connectivity index (χ0v) is 20.0. The summed E-state index contributed by atoms with van der Waals surface area (Å²) < 4.78 is 16.6. The molecule has 0 radical (unpaired) electrons. The van der Waals surface area contributed by atoms with Crippen molar-refractivity contribution in [3.8, 4) is 5.75 Å². The average Bonchev–Trinajstić information content (AvgIpc) is 2.77. The minimum Gasteiger partial charge on any atom is -0.497 e. The Morgan fingerprint density at radius 3 is 2.66 bits per heavy atom. The molecule has 0 spiro atoms. The second-order valence-corrected chi connectivity index (χ2v) is 7.19. The summed E-state index contributed by atoms with van der Waals surface area (Å²) >= 11 is 0. The van der Waals surface area contributed by atoms with Crippen LogP contribution in [0, 0.1) is 0 Å². The zero-order valence-electron chi connectivity index (χ0n) is 17.6. The lowest BCUT2D eigenvalue weighted by molar-refractivity contribution is -0.0320. The Balaban J connectivity index is 0.00000300. The SMILES string of the molecule is CN=C(NCCCOC1CCOCC1)N1CCN(c2cccc(OC)c2)CC1.I. The van der Waals surface area contributed by atoms with Crippen LogP contribution in [0.1, 0.15) is 19.3 Å². The van der Waals surface area contributed by atoms with Crippen LogP contribution in [0.3, 0.4) is 0 Å². The zero-order chi connectivity index (χ0) is 19.6. The Morgan fingerprint density at radius 1 is 1.21 bits per heavy atom. The molecule has 29 heavy (non-hydrogen) atoms. The smallest absolute Gasteiger partial charge is 0.193 e. The number of nitrogens with zero attached hydrogens (tertiary/aromatic N) is 3. The number of piperazine rings is 1. The number of guanidine groups is 1. The molecule has 0 saturated carbocycles. The predicted molar refractivity (Wildman–Crippen MR) is 128 cm³/mol. The Kier molecular flexibility index (Phi) is 10.9. The fourth-order valence-electron chi connectivity index (χ4n) is 3.68. The van der Waals surface area contributed by atoms with E-state index in [4.69, 9.17) is 14.2 Å². The van der Waals surface area contributed by atoms with E-state index >= 15 is 0 Å². The van der Waals surface area contributed by atoms with Crippen molar-refractivity contribution in [2.45, 2.75) is 25.4 Å². The number of hydrogen-bond donors (Lipinski definition) is 1. The van der Waals surface area contributed by atoms with E-state index in [1.165, 1.54) is 5.69 Å². The van der Waals surface area contributed by atoms with Crippen molar-refractivity contribution in [3.05, 3.63) is 24.3 Å². The first-order valence-electron chi connectivity index (χ1n) is 10.3. The quantitative estimate of drug-likeness (QED) is 0.259. The molecule has 2 saturated heterocycles. The Bertz CT molecular complexity index is 618. The van der Waals surface area contributed by atoms with E-state index in [1.54, 1.807) is 7.11 Å². The molecule has 1 aromatic carbocycles. The minimum atomic E-state index is 0. The molecule has 0 amide bonds. The molecule has 2 aliphatic heterocycles. The highest BCUT2D eigenvalue weighted by Gasteiger charge is 2.20. The van der Waals surface area contributed by atoms with E-state index in [1.807, 2.05) is 19.2 Å². The van der Waals surface area contributed by atoms with E-state index in [9.17, 15) is 0 Å². The number of nitrogens with one attached hydrogen (secondary N) is 1. The summed E-state index contributed by atoms with van der Waals surface area (Å²) in [7, 11) is 3.57. The molecular formula is C21H35IN4O3. The number of anilines is 1. The number of aliphatic imine (C=N–C) groups is 1. The van der Waals surface area contributed by atoms with Crippen LogP contribution < -0.4 is 15.0 Å². The monoisotopic (exact) mass is 518 g/mol. The van der Waals surface area contributed by atoms with Crippen LogP contribution in [-0.4, -0.2) is 83.7 Å². The summed E-state index contributed by atoms with van der Waals surface area (Å²) in [6.45, 7) is 7.19. The molecule has 3 rings (SSSR count). The molecule has 1 aromatic rings. The van der Waals surface area contributed by atoms with Crippen LogP contribution in [0.15, 0.2) is 29.3 Å². The lowest BCUT2D eigenvalue weighted by atomic mass is 10.1. The number of rotatable bonds is 7. The lowest BCUT2D eigenvalue weighted by Gasteiger charge is -2.37. The van der Waals surface area contributed by atoms with Crippen LogP contribution in [0.4, 0.5) is 5.69 Å². The Hall–Kier alpha value is -1.26. The molecule has 0 bridgehead atoms. The van der Waals surface area contributed by atoms with E-state index in [0.29, 0.717) is 6.10 Å². The van der Waals surface area contributed by atoms with Gasteiger partial charge in [-0.1, -0.05) is 6.07 Å². The number of halogens is 1. The Morgan fingerprint density at radius 2 is 1.97 bits per heavy atom. The fraction of sp³-hybridized carbons (Fsp3) is 0.667. The topological polar surface area (TPSA) is 58.6 Å². The summed E-state index contributed by atoms with van der Waals surface area (Å²) in [6.07, 6.45) is 3.40. The third-order valence-electron chi connectivity index (χ3n) is 5.34. The maximum atomic E-state index is 5.94. The summed E-state index contributed by atoms with van der Waals surface area (Å²) in [4.78, 5) is 9.19. The normalized spacial score (nSPS) is 18.3. The third-order valence-corrected chi connectivity index (χ3v) is 5.34. The van der Waals surface area contributed by atoms with E-state index in [0.717, 1.165) is 83.5 Å². The van der Waals surface area contributed by atoms with E-state index in [2.05, 4.69) is 32.2 Å². The van der Waals surface area contributed by atoms with Gasteiger partial charge in [0.25, 0.3) is 0 Å². The van der Waals surface area contributed by atoms with Gasteiger partial charge < -0.3 is 29.3 Å². The number of benzene rings is 1. The van der Waals surface area contributed by atoms with Gasteiger partial charge in [-0.3, -0.25) is 4.99 Å². The fourth-order valence-corrected chi connectivity index (χ4v) is 3.68. The summed E-state index contributed by atoms with van der Waals surface area (Å²) in [5, 5.41) is 3.48. The molecule has 1 N–H and O–H groups in total. The standard InChI is InChI=1S/C21H34N4O3.HI/c1-22-21(23-9-4-14-28-19-7-15-27-16-8-19)25-12-10-24(11-13-25)18-5-3-6-20(17-18)26-2;/h3,5-6,17,19H,4,7-16H2,1-2H3,(H,22,23);1H. The summed E-state index contributed by atoms with van der Waals surface area (Å²) in [6, 6.07) is 8.27. The van der Waals surface area contributed by atoms with Gasteiger partial charge in [0.15, 0.2) is 5.96 Å². The first-order chi connectivity index (χ1) is 13.8. The van der Waals surface area contributed by atoms with Crippen molar-refractivity contribution in [1.29, 1.82) is 0 Å². The molecule has 2 aliphatic rings. The maximum absolute atomic E-state index is 5.94. The number of methoxy groups -OCH3 is 1. The highest BCUT2D eigenvalue weighted by atomic mass is 127. The van der Waals surface area contributed by atoms with Gasteiger partial charge in [-0.2, -0.15) is 0 Å². The highest BCUT2D eigenvalue weighted by Crippen LogP contribution is 2.22. The first kappa shape index (κ1) is 24.0. The van der Waals surface area contributed by atoms with Crippen LogP contribution in [0.2, 0.25) is 0 Å². The van der Waals surface area contributed by atoms with Gasteiger partial charge in [0.05, 0.1) is 13.2 Å². The second-order valence-electron chi connectivity index (χ2n) is 7.19. The van der Waals surface area contributed by atoms with Gasteiger partial charge in [0, 0.05) is 71.3 Å². The average molecular weight is 518 g/mol. The van der Waals surface area contributed by atoms with Crippen LogP contribution in [-0.2, 0) is 9.47 Å². The number of hydrogen-bond acceptors (Lipinski definition) is 5. The van der Waals surface area contributed by atoms with Crippen LogP contribution in [0.5, 0.6) is 5.75 Å². The molecular weight excluding hydrogens is 483 g/mol. The van der Waals surface area contributed by atoms with Crippen molar-refractivity contribution in [2.75, 3.05) is 71.6 Å². The van der Waals surface area contributed by atoms with Gasteiger partial charge in [-0.25, -0.2) is 0 Å². The van der Waals surface area contributed by atoms with Crippen molar-refractivity contribution < 1.29 is 14.2 Å². The number of ether oxygens (including phenoxy) is 3. The summed E-state index contributed by atoms with van der Waals surface area (Å²) in [5.74, 6) is 1.89. The molecule has 0 aromatic heterocycles. The lowest BCUT2D eigenvalue weighted by Crippen LogP contribution is -2.52. The van der Waals surface area contributed by atoms with E-state index < -0.39 is 0 Å². The minimum absolute atomic E-state index is 0. The predicted octanol–water partition coefficient (Wildman–Crippen LogP) is 2.60. The van der Waals surface area contributed by atoms with Gasteiger partial charge in [-0.15, -0.1) is 24.0 Å². The second kappa shape index (κ2) is 13.1. The van der Waals surface area contributed by atoms with Crippen molar-refractivity contribution in [3.63, 3.8) is 0 Å². The highest BCUT2D eigenvalue weighted by molar-refractivity contribution is 14.0. The molecule has 0 unspecified atom stereocenters. The first-order valence-corrected chi connectivity index (χ1v) is 10.3. The molecule has 0 atom stereocenters. The molecule has 0 aliphatic carbocycles. The van der Waals surface area contributed by atoms with Crippen molar-refractivity contribution in [2.24, 2.45) is 4.99 Å². The van der Waals surface area contributed by atoms with Crippen LogP contribution >= 0.6 is 24.0 Å². The van der Waals surface area contributed by atoms with Gasteiger partial charge >= 0.3 is 0 Å². The molecule has 2 fully saturated rings. The van der Waals surface area contributed by atoms with Crippen molar-refractivity contribution >= 4 is 35.6 Å². The maximum Gasteiger partial charge on any atom is 0.193 e. The third kappa shape index (κ3) is 7.49. The summed E-state index contributed by atoms with van der Waals surface area (Å²) in [5.41, 5.74) is 1.22. The van der Waals surface area contributed by atoms with Gasteiger partial charge in [0.1, 0.15) is 5.75 Å². The van der Waals surface area contributed by atoms with Crippen molar-refractivity contribution in [1.82, 2.24) is 10.2 Å².